The molecule has 0 aromatic carbocycles. The second-order valence-corrected chi connectivity index (χ2v) is 6.99. The summed E-state index contributed by atoms with van der Waals surface area (Å²) >= 11 is 0. The van der Waals surface area contributed by atoms with Crippen LogP contribution in [0.15, 0.2) is 0 Å². The van der Waals surface area contributed by atoms with Crippen LogP contribution >= 0.6 is 0 Å². The largest absolute Gasteiger partial charge is 0.465 e. The molecule has 0 unspecified atom stereocenters. The smallest absolute Gasteiger partial charge is 0.407 e. The maximum atomic E-state index is 11.3. The number of hydrogen-bond acceptors (Lipinski definition) is 4. The van der Waals surface area contributed by atoms with E-state index in [1.807, 2.05) is 0 Å². The lowest BCUT2D eigenvalue weighted by atomic mass is 10.1. The van der Waals surface area contributed by atoms with Crippen molar-refractivity contribution in [3.63, 3.8) is 0 Å². The predicted molar refractivity (Wildman–Crippen MR) is 62.8 cm³/mol. The van der Waals surface area contributed by atoms with Gasteiger partial charge in [-0.1, -0.05) is 0 Å². The van der Waals surface area contributed by atoms with Crippen molar-refractivity contribution in [2.24, 2.45) is 0 Å². The minimum Gasteiger partial charge on any atom is -0.465 e. The summed E-state index contributed by atoms with van der Waals surface area (Å²) in [5.41, 5.74) is 0. The SMILES string of the molecule is O=C(O)N1CCN(C2CCS(=O)(=O)CC2)CC1. The summed E-state index contributed by atoms with van der Waals surface area (Å²) in [6.07, 6.45) is 0.515. The first-order valence-corrected chi connectivity index (χ1v) is 7.72. The molecule has 0 spiro atoms. The quantitative estimate of drug-likeness (QED) is 0.711. The number of carbonyl (C=O) groups is 1. The monoisotopic (exact) mass is 262 g/mol. The summed E-state index contributed by atoms with van der Waals surface area (Å²) in [7, 11) is -2.81. The number of carboxylic acid groups (broad SMARTS) is 1. The van der Waals surface area contributed by atoms with Gasteiger partial charge in [-0.3, -0.25) is 4.90 Å². The number of rotatable bonds is 1. The first-order chi connectivity index (χ1) is 7.98. The normalized spacial score (nSPS) is 26.9. The first-order valence-electron chi connectivity index (χ1n) is 5.90. The van der Waals surface area contributed by atoms with Gasteiger partial charge in [-0.05, 0) is 12.8 Å². The molecule has 7 heteroatoms. The van der Waals surface area contributed by atoms with Crippen molar-refractivity contribution in [2.45, 2.75) is 18.9 Å². The van der Waals surface area contributed by atoms with E-state index >= 15 is 0 Å². The van der Waals surface area contributed by atoms with Crippen molar-refractivity contribution in [1.29, 1.82) is 0 Å². The van der Waals surface area contributed by atoms with Crippen molar-refractivity contribution in [2.75, 3.05) is 37.7 Å². The van der Waals surface area contributed by atoms with Gasteiger partial charge in [-0.15, -0.1) is 0 Å². The highest BCUT2D eigenvalue weighted by Crippen LogP contribution is 2.19. The van der Waals surface area contributed by atoms with Gasteiger partial charge in [-0.2, -0.15) is 0 Å². The van der Waals surface area contributed by atoms with Crippen LogP contribution in [0.5, 0.6) is 0 Å². The summed E-state index contributed by atoms with van der Waals surface area (Å²) in [6, 6.07) is 0.314. The molecule has 6 nitrogen and oxygen atoms in total. The zero-order chi connectivity index (χ0) is 12.5. The summed E-state index contributed by atoms with van der Waals surface area (Å²) < 4.78 is 22.6. The van der Waals surface area contributed by atoms with E-state index in [2.05, 4.69) is 4.90 Å². The molecule has 2 rings (SSSR count). The van der Waals surface area contributed by atoms with Gasteiger partial charge in [0.25, 0.3) is 0 Å². The Labute approximate surface area is 101 Å². The van der Waals surface area contributed by atoms with Crippen LogP contribution in [0.2, 0.25) is 0 Å². The van der Waals surface area contributed by atoms with E-state index in [1.54, 1.807) is 0 Å². The molecule has 2 aliphatic heterocycles. The second-order valence-electron chi connectivity index (χ2n) is 4.69. The number of hydrogen-bond donors (Lipinski definition) is 1. The Bertz CT molecular complexity index is 373. The molecule has 0 saturated carbocycles. The molecule has 2 aliphatic rings. The van der Waals surface area contributed by atoms with E-state index in [-0.39, 0.29) is 11.5 Å². The predicted octanol–water partition coefficient (Wildman–Crippen LogP) is -0.141. The van der Waals surface area contributed by atoms with Gasteiger partial charge in [0, 0.05) is 32.2 Å². The topological polar surface area (TPSA) is 77.9 Å². The molecule has 2 fully saturated rings. The van der Waals surface area contributed by atoms with Gasteiger partial charge >= 0.3 is 6.09 Å². The van der Waals surface area contributed by atoms with E-state index in [0.29, 0.717) is 32.0 Å². The zero-order valence-corrected chi connectivity index (χ0v) is 10.5. The van der Waals surface area contributed by atoms with Gasteiger partial charge < -0.3 is 10.0 Å². The summed E-state index contributed by atoms with van der Waals surface area (Å²) in [5, 5.41) is 8.83. The van der Waals surface area contributed by atoms with Gasteiger partial charge in [0.15, 0.2) is 0 Å². The lowest BCUT2D eigenvalue weighted by Crippen LogP contribution is -2.53. The molecule has 0 radical (unpaired) electrons. The van der Waals surface area contributed by atoms with Crippen LogP contribution in [0, 0.1) is 0 Å². The molecular formula is C10H18N2O4S. The van der Waals surface area contributed by atoms with Crippen molar-refractivity contribution < 1.29 is 18.3 Å². The molecule has 98 valence electrons. The molecule has 1 amide bonds. The van der Waals surface area contributed by atoms with Crippen LogP contribution in [-0.4, -0.2) is 73.1 Å². The Morgan fingerprint density at radius 3 is 2.06 bits per heavy atom. The standard InChI is InChI=1S/C10H18N2O4S/c13-10(14)12-5-3-11(4-6-12)9-1-7-17(15,16)8-2-9/h9H,1-8H2,(H,13,14). The molecule has 17 heavy (non-hydrogen) atoms. The van der Waals surface area contributed by atoms with Crippen molar-refractivity contribution >= 4 is 15.9 Å². The number of piperazine rings is 1. The fourth-order valence-electron chi connectivity index (χ4n) is 2.52. The summed E-state index contributed by atoms with van der Waals surface area (Å²) in [4.78, 5) is 14.4. The van der Waals surface area contributed by atoms with Crippen molar-refractivity contribution in [1.82, 2.24) is 9.80 Å². The number of amides is 1. The average Bonchev–Trinajstić information content (AvgIpc) is 2.29. The Morgan fingerprint density at radius 2 is 1.59 bits per heavy atom. The highest BCUT2D eigenvalue weighted by atomic mass is 32.2. The second kappa shape index (κ2) is 4.81. The summed E-state index contributed by atoms with van der Waals surface area (Å²) in [5.74, 6) is 0.549. The Hall–Kier alpha value is -0.820. The van der Waals surface area contributed by atoms with Gasteiger partial charge in [0.05, 0.1) is 11.5 Å². The summed E-state index contributed by atoms with van der Waals surface area (Å²) in [6.45, 7) is 2.49. The van der Waals surface area contributed by atoms with E-state index in [4.69, 9.17) is 5.11 Å². The van der Waals surface area contributed by atoms with Gasteiger partial charge in [0.1, 0.15) is 9.84 Å². The molecule has 1 N–H and O–H groups in total. The van der Waals surface area contributed by atoms with E-state index in [1.165, 1.54) is 4.90 Å². The maximum absolute atomic E-state index is 11.3. The fraction of sp³-hybridized carbons (Fsp3) is 0.900. The van der Waals surface area contributed by atoms with Gasteiger partial charge in [0.2, 0.25) is 0 Å². The van der Waals surface area contributed by atoms with Crippen LogP contribution in [0.1, 0.15) is 12.8 Å². The third-order valence-corrected chi connectivity index (χ3v) is 5.34. The highest BCUT2D eigenvalue weighted by Gasteiger charge is 2.30. The molecule has 2 heterocycles. The average molecular weight is 262 g/mol. The third kappa shape index (κ3) is 3.10. The fourth-order valence-corrected chi connectivity index (χ4v) is 3.99. The lowest BCUT2D eigenvalue weighted by Gasteiger charge is -2.39. The van der Waals surface area contributed by atoms with Crippen molar-refractivity contribution in [3.05, 3.63) is 0 Å². The van der Waals surface area contributed by atoms with E-state index in [9.17, 15) is 13.2 Å². The minimum atomic E-state index is -2.81. The van der Waals surface area contributed by atoms with Crippen LogP contribution in [0.25, 0.3) is 0 Å². The Morgan fingerprint density at radius 1 is 1.06 bits per heavy atom. The number of sulfone groups is 1. The van der Waals surface area contributed by atoms with Crippen LogP contribution in [0.4, 0.5) is 4.79 Å². The first kappa shape index (κ1) is 12.6. The highest BCUT2D eigenvalue weighted by molar-refractivity contribution is 7.91. The molecule has 0 bridgehead atoms. The minimum absolute atomic E-state index is 0.275. The van der Waals surface area contributed by atoms with Crippen LogP contribution < -0.4 is 0 Å². The Balaban J connectivity index is 1.84. The Kier molecular flexibility index (Phi) is 3.58. The molecule has 0 aromatic heterocycles. The van der Waals surface area contributed by atoms with Gasteiger partial charge in [-0.25, -0.2) is 13.2 Å². The molecule has 2 saturated heterocycles. The van der Waals surface area contributed by atoms with Crippen molar-refractivity contribution in [3.8, 4) is 0 Å². The van der Waals surface area contributed by atoms with E-state index < -0.39 is 15.9 Å². The molecule has 0 atom stereocenters. The maximum Gasteiger partial charge on any atom is 0.407 e. The number of nitrogens with zero attached hydrogens (tertiary/aromatic N) is 2. The molecule has 0 aromatic rings. The van der Waals surface area contributed by atoms with E-state index in [0.717, 1.165) is 13.1 Å². The lowest BCUT2D eigenvalue weighted by molar-refractivity contribution is 0.0819. The van der Waals surface area contributed by atoms with Crippen LogP contribution in [-0.2, 0) is 9.84 Å². The van der Waals surface area contributed by atoms with Crippen LogP contribution in [0.3, 0.4) is 0 Å². The molecular weight excluding hydrogens is 244 g/mol. The third-order valence-electron chi connectivity index (χ3n) is 3.63. The molecule has 0 aliphatic carbocycles. The zero-order valence-electron chi connectivity index (χ0n) is 9.71.